The lowest BCUT2D eigenvalue weighted by atomic mass is 10.0. The average Bonchev–Trinajstić information content (AvgIpc) is 2.17. The molecule has 1 heterocycles. The van der Waals surface area contributed by atoms with Crippen molar-refractivity contribution in [3.63, 3.8) is 0 Å². The summed E-state index contributed by atoms with van der Waals surface area (Å²) in [5, 5.41) is 9.53. The highest BCUT2D eigenvalue weighted by atomic mass is 16.3. The monoisotopic (exact) mass is 193 g/mol. The first-order chi connectivity index (χ1) is 6.70. The van der Waals surface area contributed by atoms with Crippen LogP contribution in [0.25, 0.3) is 0 Å². The van der Waals surface area contributed by atoms with Crippen LogP contribution in [-0.2, 0) is 0 Å². The van der Waals surface area contributed by atoms with E-state index in [9.17, 15) is 5.11 Å². The van der Waals surface area contributed by atoms with Gasteiger partial charge in [0.2, 0.25) is 0 Å². The quantitative estimate of drug-likeness (QED) is 0.694. The Morgan fingerprint density at radius 2 is 2.36 bits per heavy atom. The molecule has 0 unspecified atom stereocenters. The number of aliphatic hydroxyl groups excluding tert-OH is 1. The largest absolute Gasteiger partial charge is 0.506 e. The summed E-state index contributed by atoms with van der Waals surface area (Å²) >= 11 is 0. The number of hydrogen-bond donors (Lipinski definition) is 1. The molecule has 14 heavy (non-hydrogen) atoms. The molecule has 0 spiro atoms. The predicted molar refractivity (Wildman–Crippen MR) is 60.1 cm³/mol. The molecule has 0 atom stereocenters. The van der Waals surface area contributed by atoms with Gasteiger partial charge in [0, 0.05) is 13.1 Å². The summed E-state index contributed by atoms with van der Waals surface area (Å²) in [4.78, 5) is 2.20. The molecule has 0 aromatic rings. The van der Waals surface area contributed by atoms with Crippen LogP contribution in [0.1, 0.15) is 26.2 Å². The maximum Gasteiger partial charge on any atom is 0.132 e. The molecule has 0 aliphatic carbocycles. The van der Waals surface area contributed by atoms with Gasteiger partial charge in [-0.3, -0.25) is 0 Å². The van der Waals surface area contributed by atoms with Gasteiger partial charge in [0.05, 0.1) is 5.70 Å². The van der Waals surface area contributed by atoms with E-state index in [1.165, 1.54) is 0 Å². The molecule has 0 bridgehead atoms. The van der Waals surface area contributed by atoms with Crippen molar-refractivity contribution in [3.05, 3.63) is 36.3 Å². The van der Waals surface area contributed by atoms with Crippen molar-refractivity contribution in [2.75, 3.05) is 13.1 Å². The van der Waals surface area contributed by atoms with Crippen LogP contribution >= 0.6 is 0 Å². The van der Waals surface area contributed by atoms with Crippen LogP contribution in [0, 0.1) is 0 Å². The molecule has 1 aliphatic rings. The maximum atomic E-state index is 9.53. The van der Waals surface area contributed by atoms with Crippen LogP contribution in [0.2, 0.25) is 0 Å². The first kappa shape index (κ1) is 10.9. The number of aliphatic hydroxyl groups is 1. The van der Waals surface area contributed by atoms with Gasteiger partial charge in [-0.25, -0.2) is 0 Å². The summed E-state index contributed by atoms with van der Waals surface area (Å²) in [6, 6.07) is 0. The molecule has 0 saturated heterocycles. The molecule has 78 valence electrons. The lowest BCUT2D eigenvalue weighted by molar-refractivity contribution is 0.286. The number of nitrogens with zero attached hydrogens (tertiary/aromatic N) is 1. The molecule has 1 aliphatic heterocycles. The second-order valence-electron chi connectivity index (χ2n) is 3.62. The van der Waals surface area contributed by atoms with Crippen molar-refractivity contribution in [1.29, 1.82) is 0 Å². The van der Waals surface area contributed by atoms with E-state index in [0.717, 1.165) is 43.6 Å². The lowest BCUT2D eigenvalue weighted by Crippen LogP contribution is -2.30. The molecular formula is C12H19NO. The van der Waals surface area contributed by atoms with E-state index < -0.39 is 0 Å². The molecular weight excluding hydrogens is 174 g/mol. The van der Waals surface area contributed by atoms with Crippen molar-refractivity contribution >= 4 is 0 Å². The summed E-state index contributed by atoms with van der Waals surface area (Å²) in [6.07, 6.45) is 5.05. The van der Waals surface area contributed by atoms with Crippen LogP contribution in [0.15, 0.2) is 36.3 Å². The molecule has 0 radical (unpaired) electrons. The highest BCUT2D eigenvalue weighted by molar-refractivity contribution is 5.35. The average molecular weight is 193 g/mol. The Morgan fingerprint density at radius 1 is 1.64 bits per heavy atom. The smallest absolute Gasteiger partial charge is 0.132 e. The molecule has 0 aromatic carbocycles. The first-order valence-corrected chi connectivity index (χ1v) is 5.19. The third-order valence-electron chi connectivity index (χ3n) is 2.51. The SMILES string of the molecule is C=CC1=C(C(=C)O)N(CCC)CCC1. The van der Waals surface area contributed by atoms with Gasteiger partial charge in [-0.15, -0.1) is 0 Å². The van der Waals surface area contributed by atoms with Crippen molar-refractivity contribution in [2.24, 2.45) is 0 Å². The maximum absolute atomic E-state index is 9.53. The summed E-state index contributed by atoms with van der Waals surface area (Å²) in [7, 11) is 0. The number of hydrogen-bond acceptors (Lipinski definition) is 2. The fourth-order valence-electron chi connectivity index (χ4n) is 1.95. The van der Waals surface area contributed by atoms with Gasteiger partial charge < -0.3 is 10.0 Å². The standard InChI is InChI=1S/C12H19NO/c1-4-8-13-9-6-7-11(5-2)12(13)10(3)14/h5,14H,2-4,6-9H2,1H3. The fraction of sp³-hybridized carbons (Fsp3) is 0.500. The summed E-state index contributed by atoms with van der Waals surface area (Å²) in [5.41, 5.74) is 2.02. The molecule has 0 aromatic heterocycles. The molecule has 0 amide bonds. The first-order valence-electron chi connectivity index (χ1n) is 5.19. The highest BCUT2D eigenvalue weighted by Crippen LogP contribution is 2.26. The van der Waals surface area contributed by atoms with Crippen molar-refractivity contribution in [1.82, 2.24) is 4.90 Å². The van der Waals surface area contributed by atoms with E-state index in [0.29, 0.717) is 0 Å². The Morgan fingerprint density at radius 3 is 2.86 bits per heavy atom. The van der Waals surface area contributed by atoms with Gasteiger partial charge in [0.25, 0.3) is 0 Å². The second kappa shape index (κ2) is 4.89. The minimum absolute atomic E-state index is 0.174. The molecule has 0 fully saturated rings. The van der Waals surface area contributed by atoms with Crippen molar-refractivity contribution in [2.45, 2.75) is 26.2 Å². The van der Waals surface area contributed by atoms with Crippen LogP contribution in [0.3, 0.4) is 0 Å². The minimum Gasteiger partial charge on any atom is -0.506 e. The van der Waals surface area contributed by atoms with Crippen molar-refractivity contribution in [3.8, 4) is 0 Å². The van der Waals surface area contributed by atoms with Gasteiger partial charge in [0.1, 0.15) is 5.76 Å². The Balaban J connectivity index is 2.96. The van der Waals surface area contributed by atoms with Gasteiger partial charge in [-0.1, -0.05) is 26.2 Å². The third kappa shape index (κ3) is 2.19. The van der Waals surface area contributed by atoms with Crippen LogP contribution < -0.4 is 0 Å². The fourth-order valence-corrected chi connectivity index (χ4v) is 1.95. The molecule has 1 N–H and O–H groups in total. The van der Waals surface area contributed by atoms with E-state index >= 15 is 0 Å². The van der Waals surface area contributed by atoms with Crippen LogP contribution in [0.5, 0.6) is 0 Å². The zero-order valence-electron chi connectivity index (χ0n) is 8.92. The lowest BCUT2D eigenvalue weighted by Gasteiger charge is -2.32. The van der Waals surface area contributed by atoms with E-state index in [4.69, 9.17) is 0 Å². The Kier molecular flexibility index (Phi) is 3.81. The zero-order chi connectivity index (χ0) is 10.6. The van der Waals surface area contributed by atoms with Crippen molar-refractivity contribution < 1.29 is 5.11 Å². The minimum atomic E-state index is 0.174. The van der Waals surface area contributed by atoms with E-state index in [-0.39, 0.29) is 5.76 Å². The predicted octanol–water partition coefficient (Wildman–Crippen LogP) is 3.00. The molecule has 1 rings (SSSR count). The second-order valence-corrected chi connectivity index (χ2v) is 3.62. The molecule has 0 saturated carbocycles. The molecule has 2 heteroatoms. The normalized spacial score (nSPS) is 17.1. The Bertz CT molecular complexity index is 265. The van der Waals surface area contributed by atoms with Gasteiger partial charge in [0.15, 0.2) is 0 Å². The number of rotatable bonds is 4. The van der Waals surface area contributed by atoms with Crippen LogP contribution in [0.4, 0.5) is 0 Å². The molecule has 2 nitrogen and oxygen atoms in total. The Labute approximate surface area is 86.2 Å². The highest BCUT2D eigenvalue weighted by Gasteiger charge is 2.19. The van der Waals surface area contributed by atoms with E-state index in [1.807, 2.05) is 6.08 Å². The summed E-state index contributed by atoms with van der Waals surface area (Å²) in [5.74, 6) is 0.174. The van der Waals surface area contributed by atoms with Crippen LogP contribution in [-0.4, -0.2) is 23.1 Å². The van der Waals surface area contributed by atoms with Gasteiger partial charge >= 0.3 is 0 Å². The topological polar surface area (TPSA) is 23.5 Å². The van der Waals surface area contributed by atoms with E-state index in [1.54, 1.807) is 0 Å². The van der Waals surface area contributed by atoms with E-state index in [2.05, 4.69) is 25.0 Å². The number of allylic oxidation sites excluding steroid dienone is 2. The third-order valence-corrected chi connectivity index (χ3v) is 2.51. The van der Waals surface area contributed by atoms with Gasteiger partial charge in [-0.05, 0) is 24.8 Å². The van der Waals surface area contributed by atoms with Gasteiger partial charge in [-0.2, -0.15) is 0 Å². The summed E-state index contributed by atoms with van der Waals surface area (Å²) < 4.78 is 0. The summed E-state index contributed by atoms with van der Waals surface area (Å²) in [6.45, 7) is 11.5. The zero-order valence-corrected chi connectivity index (χ0v) is 8.92. The Hall–Kier alpha value is -1.18.